The van der Waals surface area contributed by atoms with Gasteiger partial charge in [-0.1, -0.05) is 71.8 Å². The maximum absolute atomic E-state index is 13.0. The summed E-state index contributed by atoms with van der Waals surface area (Å²) in [7, 11) is 0. The number of aryl methyl sites for hydroxylation is 2. The van der Waals surface area contributed by atoms with E-state index in [1.54, 1.807) is 4.68 Å². The Bertz CT molecular complexity index is 1430. The zero-order valence-corrected chi connectivity index (χ0v) is 17.9. The van der Waals surface area contributed by atoms with Gasteiger partial charge in [0.2, 0.25) is 5.82 Å². The van der Waals surface area contributed by atoms with E-state index < -0.39 is 0 Å². The lowest BCUT2D eigenvalue weighted by Crippen LogP contribution is -2.14. The molecule has 1 N–H and O–H groups in total. The first kappa shape index (κ1) is 19.7. The van der Waals surface area contributed by atoms with Crippen LogP contribution in [0.15, 0.2) is 91.0 Å². The fourth-order valence-electron chi connectivity index (χ4n) is 3.70. The van der Waals surface area contributed by atoms with Crippen LogP contribution in [0.25, 0.3) is 27.8 Å². The van der Waals surface area contributed by atoms with Crippen LogP contribution in [-0.4, -0.2) is 20.7 Å². The highest BCUT2D eigenvalue weighted by atomic mass is 16.2. The summed E-state index contributed by atoms with van der Waals surface area (Å²) >= 11 is 0. The third-order valence-corrected chi connectivity index (χ3v) is 5.37. The van der Waals surface area contributed by atoms with Crippen molar-refractivity contribution in [1.29, 1.82) is 0 Å². The standard InChI is InChI=1S/C27H22N4O/c1-18-10-14-24(15-11-18)31-26(22-9-5-6-19(2)16-22)29-25(30-31)27(32)28-23-13-12-20-7-3-4-8-21(20)17-23/h3-17H,1-2H3,(H,28,32). The van der Waals surface area contributed by atoms with Crippen molar-refractivity contribution in [2.24, 2.45) is 0 Å². The Morgan fingerprint density at radius 3 is 2.34 bits per heavy atom. The van der Waals surface area contributed by atoms with Gasteiger partial charge in [0.15, 0.2) is 5.82 Å². The SMILES string of the molecule is Cc1ccc(-n2nc(C(=O)Nc3ccc4ccccc4c3)nc2-c2cccc(C)c2)cc1. The second-order valence-electron chi connectivity index (χ2n) is 7.89. The van der Waals surface area contributed by atoms with E-state index >= 15 is 0 Å². The molecule has 0 bridgehead atoms. The topological polar surface area (TPSA) is 59.8 Å². The van der Waals surface area contributed by atoms with Crippen LogP contribution < -0.4 is 5.32 Å². The van der Waals surface area contributed by atoms with Gasteiger partial charge in [-0.15, -0.1) is 5.10 Å². The number of benzene rings is 4. The van der Waals surface area contributed by atoms with Gasteiger partial charge in [-0.05, 0) is 55.0 Å². The molecule has 4 aromatic carbocycles. The second-order valence-corrected chi connectivity index (χ2v) is 7.89. The maximum Gasteiger partial charge on any atom is 0.295 e. The third-order valence-electron chi connectivity index (χ3n) is 5.37. The molecule has 0 atom stereocenters. The zero-order valence-electron chi connectivity index (χ0n) is 17.9. The van der Waals surface area contributed by atoms with E-state index in [9.17, 15) is 4.79 Å². The minimum Gasteiger partial charge on any atom is -0.319 e. The molecule has 5 aromatic rings. The van der Waals surface area contributed by atoms with Crippen LogP contribution in [0.5, 0.6) is 0 Å². The predicted molar refractivity (Wildman–Crippen MR) is 128 cm³/mol. The summed E-state index contributed by atoms with van der Waals surface area (Å²) in [5.41, 5.74) is 4.73. The minimum atomic E-state index is -0.347. The molecule has 0 fully saturated rings. The van der Waals surface area contributed by atoms with Gasteiger partial charge in [0.25, 0.3) is 5.91 Å². The highest BCUT2D eigenvalue weighted by molar-refractivity contribution is 6.03. The quantitative estimate of drug-likeness (QED) is 0.392. The zero-order chi connectivity index (χ0) is 22.1. The van der Waals surface area contributed by atoms with E-state index in [-0.39, 0.29) is 11.7 Å². The molecule has 5 heteroatoms. The van der Waals surface area contributed by atoms with E-state index in [2.05, 4.69) is 15.4 Å². The van der Waals surface area contributed by atoms with Gasteiger partial charge < -0.3 is 5.32 Å². The molecule has 0 spiro atoms. The molecule has 0 saturated carbocycles. The lowest BCUT2D eigenvalue weighted by Gasteiger charge is -2.07. The van der Waals surface area contributed by atoms with Crippen LogP contribution in [0.4, 0.5) is 5.69 Å². The monoisotopic (exact) mass is 418 g/mol. The number of carbonyl (C=O) groups excluding carboxylic acids is 1. The molecule has 156 valence electrons. The van der Waals surface area contributed by atoms with Gasteiger partial charge >= 0.3 is 0 Å². The summed E-state index contributed by atoms with van der Waals surface area (Å²) in [4.78, 5) is 17.7. The van der Waals surface area contributed by atoms with E-state index in [4.69, 9.17) is 0 Å². The molecule has 1 heterocycles. The molecule has 1 amide bonds. The Kier molecular flexibility index (Phi) is 5.00. The van der Waals surface area contributed by atoms with Crippen LogP contribution in [0.2, 0.25) is 0 Å². The van der Waals surface area contributed by atoms with Crippen LogP contribution in [0, 0.1) is 13.8 Å². The summed E-state index contributed by atoms with van der Waals surface area (Å²) in [6.45, 7) is 4.07. The van der Waals surface area contributed by atoms with Crippen molar-refractivity contribution in [3.05, 3.63) is 108 Å². The minimum absolute atomic E-state index is 0.121. The van der Waals surface area contributed by atoms with Crippen molar-refractivity contribution in [3.8, 4) is 17.1 Å². The number of amides is 1. The van der Waals surface area contributed by atoms with Gasteiger partial charge in [0.05, 0.1) is 5.69 Å². The third kappa shape index (κ3) is 3.88. The number of rotatable bonds is 4. The van der Waals surface area contributed by atoms with E-state index in [1.807, 2.05) is 105 Å². The Labute approximate surface area is 186 Å². The van der Waals surface area contributed by atoms with Crippen molar-refractivity contribution >= 4 is 22.4 Å². The lowest BCUT2D eigenvalue weighted by atomic mass is 10.1. The maximum atomic E-state index is 13.0. The van der Waals surface area contributed by atoms with Crippen LogP contribution in [-0.2, 0) is 0 Å². The number of fused-ring (bicyclic) bond motifs is 1. The first-order chi connectivity index (χ1) is 15.6. The first-order valence-corrected chi connectivity index (χ1v) is 10.5. The van der Waals surface area contributed by atoms with Crippen LogP contribution in [0.3, 0.4) is 0 Å². The Morgan fingerprint density at radius 2 is 1.56 bits per heavy atom. The molecule has 0 radical (unpaired) electrons. The number of hydrogen-bond acceptors (Lipinski definition) is 3. The number of anilines is 1. The van der Waals surface area contributed by atoms with Gasteiger partial charge in [0, 0.05) is 11.3 Å². The fourth-order valence-corrected chi connectivity index (χ4v) is 3.70. The predicted octanol–water partition coefficient (Wildman–Crippen LogP) is 5.96. The Hall–Kier alpha value is -4.25. The Balaban J connectivity index is 1.53. The number of hydrogen-bond donors (Lipinski definition) is 1. The van der Waals surface area contributed by atoms with Crippen molar-refractivity contribution in [1.82, 2.24) is 14.8 Å². The highest BCUT2D eigenvalue weighted by Gasteiger charge is 2.19. The van der Waals surface area contributed by atoms with Crippen molar-refractivity contribution in [2.45, 2.75) is 13.8 Å². The smallest absolute Gasteiger partial charge is 0.295 e. The largest absolute Gasteiger partial charge is 0.319 e. The van der Waals surface area contributed by atoms with E-state index in [0.29, 0.717) is 11.5 Å². The molecule has 0 unspecified atom stereocenters. The van der Waals surface area contributed by atoms with Gasteiger partial charge in [-0.25, -0.2) is 9.67 Å². The first-order valence-electron chi connectivity index (χ1n) is 10.5. The van der Waals surface area contributed by atoms with Gasteiger partial charge in [-0.2, -0.15) is 0 Å². The lowest BCUT2D eigenvalue weighted by molar-refractivity contribution is 0.101. The summed E-state index contributed by atoms with van der Waals surface area (Å²) < 4.78 is 1.73. The molecule has 1 aromatic heterocycles. The number of nitrogens with zero attached hydrogens (tertiary/aromatic N) is 3. The molecule has 0 aliphatic heterocycles. The summed E-state index contributed by atoms with van der Waals surface area (Å²) in [5.74, 6) is 0.400. The molecule has 0 aliphatic rings. The average Bonchev–Trinajstić information content (AvgIpc) is 3.25. The summed E-state index contributed by atoms with van der Waals surface area (Å²) in [6, 6.07) is 29.9. The van der Waals surface area contributed by atoms with E-state index in [0.717, 1.165) is 33.2 Å². The summed E-state index contributed by atoms with van der Waals surface area (Å²) in [5, 5.41) is 9.68. The molecule has 0 aliphatic carbocycles. The molecular weight excluding hydrogens is 396 g/mol. The molecule has 32 heavy (non-hydrogen) atoms. The second kappa shape index (κ2) is 8.12. The molecule has 0 saturated heterocycles. The van der Waals surface area contributed by atoms with E-state index in [1.165, 1.54) is 0 Å². The van der Waals surface area contributed by atoms with Crippen molar-refractivity contribution < 1.29 is 4.79 Å². The van der Waals surface area contributed by atoms with Gasteiger partial charge in [-0.3, -0.25) is 4.79 Å². The van der Waals surface area contributed by atoms with Crippen molar-refractivity contribution in [3.63, 3.8) is 0 Å². The van der Waals surface area contributed by atoms with Crippen molar-refractivity contribution in [2.75, 3.05) is 5.32 Å². The molecule has 5 nitrogen and oxygen atoms in total. The normalized spacial score (nSPS) is 10.9. The fraction of sp³-hybridized carbons (Fsp3) is 0.0741. The van der Waals surface area contributed by atoms with Crippen LogP contribution >= 0.6 is 0 Å². The Morgan fingerprint density at radius 1 is 0.781 bits per heavy atom. The number of aromatic nitrogens is 3. The molecular formula is C27H22N4O. The highest BCUT2D eigenvalue weighted by Crippen LogP contribution is 2.24. The average molecular weight is 419 g/mol. The summed E-state index contributed by atoms with van der Waals surface area (Å²) in [6.07, 6.45) is 0. The molecule has 5 rings (SSSR count). The number of nitrogens with one attached hydrogen (secondary N) is 1. The number of carbonyl (C=O) groups is 1. The van der Waals surface area contributed by atoms with Gasteiger partial charge in [0.1, 0.15) is 0 Å². The van der Waals surface area contributed by atoms with Crippen LogP contribution in [0.1, 0.15) is 21.7 Å².